The van der Waals surface area contributed by atoms with Gasteiger partial charge in [0.1, 0.15) is 6.54 Å². The van der Waals surface area contributed by atoms with E-state index in [9.17, 15) is 9.59 Å². The van der Waals surface area contributed by atoms with Crippen molar-refractivity contribution >= 4 is 48.5 Å². The molecular weight excluding hydrogens is 392 g/mol. The van der Waals surface area contributed by atoms with E-state index in [0.29, 0.717) is 13.1 Å². The first-order valence-corrected chi connectivity index (χ1v) is 8.95. The van der Waals surface area contributed by atoms with Gasteiger partial charge in [-0.25, -0.2) is 4.98 Å². The Morgan fingerprint density at radius 2 is 2.04 bits per heavy atom. The van der Waals surface area contributed by atoms with Gasteiger partial charge >= 0.3 is 0 Å². The largest absolute Gasteiger partial charge is 0.360 e. The molecule has 0 spiro atoms. The van der Waals surface area contributed by atoms with Crippen molar-refractivity contribution in [1.29, 1.82) is 0 Å². The van der Waals surface area contributed by atoms with Gasteiger partial charge in [0.2, 0.25) is 5.91 Å². The van der Waals surface area contributed by atoms with Crippen LogP contribution in [0, 0.1) is 0 Å². The number of pyridine rings is 1. The number of nitrogens with zero attached hydrogens (tertiary/aromatic N) is 2. The van der Waals surface area contributed by atoms with Crippen LogP contribution in [0.4, 0.5) is 5.13 Å². The van der Waals surface area contributed by atoms with Crippen molar-refractivity contribution < 1.29 is 4.79 Å². The molecule has 2 aromatic heterocycles. The molecule has 1 amide bonds. The second kappa shape index (κ2) is 7.59. The van der Waals surface area contributed by atoms with Crippen molar-refractivity contribution in [3.05, 3.63) is 57.4 Å². The molecule has 0 saturated carbocycles. The standard InChI is InChI=1S/C16H15BrN4O2S/c17-11-5-6-15(23)21(9-11)10-14(22)18-7-8-19-16-20-12-3-1-2-4-13(12)24-16/h1-6,9H,7-8,10H2,(H,18,22)(H,19,20). The molecule has 24 heavy (non-hydrogen) atoms. The lowest BCUT2D eigenvalue weighted by Gasteiger charge is -2.08. The van der Waals surface area contributed by atoms with E-state index < -0.39 is 0 Å². The number of benzene rings is 1. The highest BCUT2D eigenvalue weighted by Crippen LogP contribution is 2.24. The molecule has 3 aromatic rings. The fourth-order valence-corrected chi connectivity index (χ4v) is 3.43. The number of carbonyl (C=O) groups excluding carboxylic acids is 1. The summed E-state index contributed by atoms with van der Waals surface area (Å²) in [4.78, 5) is 28.0. The summed E-state index contributed by atoms with van der Waals surface area (Å²) >= 11 is 4.86. The predicted octanol–water partition coefficient (Wildman–Crippen LogP) is 2.45. The summed E-state index contributed by atoms with van der Waals surface area (Å²) in [6, 6.07) is 11.0. The quantitative estimate of drug-likeness (QED) is 0.616. The van der Waals surface area contributed by atoms with Crippen molar-refractivity contribution in [1.82, 2.24) is 14.9 Å². The average Bonchev–Trinajstić information content (AvgIpc) is 2.98. The third-order valence-electron chi connectivity index (χ3n) is 3.28. The Balaban J connectivity index is 1.46. The summed E-state index contributed by atoms with van der Waals surface area (Å²) in [5.41, 5.74) is 0.754. The minimum absolute atomic E-state index is 0.000584. The van der Waals surface area contributed by atoms with E-state index >= 15 is 0 Å². The molecule has 0 aliphatic heterocycles. The molecule has 0 aliphatic carbocycles. The van der Waals surface area contributed by atoms with Crippen molar-refractivity contribution in [2.24, 2.45) is 0 Å². The summed E-state index contributed by atoms with van der Waals surface area (Å²) in [6.45, 7) is 1.02. The van der Waals surface area contributed by atoms with Crippen LogP contribution in [0.25, 0.3) is 10.2 Å². The van der Waals surface area contributed by atoms with Gasteiger partial charge in [0.05, 0.1) is 10.2 Å². The van der Waals surface area contributed by atoms with E-state index in [0.717, 1.165) is 19.8 Å². The van der Waals surface area contributed by atoms with Crippen LogP contribution in [0.15, 0.2) is 51.9 Å². The third-order valence-corrected chi connectivity index (χ3v) is 4.74. The van der Waals surface area contributed by atoms with Gasteiger partial charge < -0.3 is 15.2 Å². The Kier molecular flexibility index (Phi) is 5.27. The normalized spacial score (nSPS) is 10.7. The van der Waals surface area contributed by atoms with Gasteiger partial charge in [-0.05, 0) is 34.1 Å². The molecule has 0 unspecified atom stereocenters. The zero-order chi connectivity index (χ0) is 16.9. The van der Waals surface area contributed by atoms with Crippen LogP contribution in [-0.4, -0.2) is 28.5 Å². The van der Waals surface area contributed by atoms with Crippen LogP contribution in [0.5, 0.6) is 0 Å². The van der Waals surface area contributed by atoms with Gasteiger partial charge in [-0.2, -0.15) is 0 Å². The predicted molar refractivity (Wildman–Crippen MR) is 99.5 cm³/mol. The fourth-order valence-electron chi connectivity index (χ4n) is 2.16. The van der Waals surface area contributed by atoms with E-state index in [4.69, 9.17) is 0 Å². The second-order valence-corrected chi connectivity index (χ2v) is 7.02. The Bertz CT molecular complexity index is 889. The third kappa shape index (κ3) is 4.21. The molecule has 0 atom stereocenters. The molecule has 8 heteroatoms. The molecule has 124 valence electrons. The maximum absolute atomic E-state index is 11.9. The summed E-state index contributed by atoms with van der Waals surface area (Å²) in [5.74, 6) is -0.207. The Morgan fingerprint density at radius 3 is 2.88 bits per heavy atom. The molecular formula is C16H15BrN4O2S. The van der Waals surface area contributed by atoms with Crippen molar-refractivity contribution in [3.8, 4) is 0 Å². The average molecular weight is 407 g/mol. The summed E-state index contributed by atoms with van der Waals surface area (Å²) in [7, 11) is 0. The van der Waals surface area contributed by atoms with Gasteiger partial charge in [-0.15, -0.1) is 0 Å². The maximum Gasteiger partial charge on any atom is 0.251 e. The molecule has 2 N–H and O–H groups in total. The molecule has 0 fully saturated rings. The van der Waals surface area contributed by atoms with Gasteiger partial charge in [0, 0.05) is 29.8 Å². The number of anilines is 1. The minimum Gasteiger partial charge on any atom is -0.360 e. The number of para-hydroxylation sites is 1. The van der Waals surface area contributed by atoms with Crippen molar-refractivity contribution in [3.63, 3.8) is 0 Å². The van der Waals surface area contributed by atoms with E-state index in [1.807, 2.05) is 24.3 Å². The lowest BCUT2D eigenvalue weighted by atomic mass is 10.3. The SMILES string of the molecule is O=C(Cn1cc(Br)ccc1=O)NCCNc1nc2ccccc2s1. The van der Waals surface area contributed by atoms with E-state index in [1.165, 1.54) is 10.6 Å². The Labute approximate surface area is 150 Å². The number of aromatic nitrogens is 2. The number of hydrogen-bond donors (Lipinski definition) is 2. The van der Waals surface area contributed by atoms with Crippen LogP contribution in [0.2, 0.25) is 0 Å². The molecule has 6 nitrogen and oxygen atoms in total. The van der Waals surface area contributed by atoms with E-state index in [1.54, 1.807) is 23.6 Å². The zero-order valence-electron chi connectivity index (χ0n) is 12.7. The summed E-state index contributed by atoms with van der Waals surface area (Å²) in [5, 5.41) is 6.80. The van der Waals surface area contributed by atoms with Gasteiger partial charge in [-0.3, -0.25) is 9.59 Å². The topological polar surface area (TPSA) is 76.0 Å². The molecule has 3 rings (SSSR count). The Hall–Kier alpha value is -2.19. The number of hydrogen-bond acceptors (Lipinski definition) is 5. The summed E-state index contributed by atoms with van der Waals surface area (Å²) in [6.07, 6.45) is 1.60. The van der Waals surface area contributed by atoms with Crippen LogP contribution in [0.3, 0.4) is 0 Å². The minimum atomic E-state index is -0.207. The second-order valence-electron chi connectivity index (χ2n) is 5.08. The highest BCUT2D eigenvalue weighted by atomic mass is 79.9. The summed E-state index contributed by atoms with van der Waals surface area (Å²) < 4.78 is 3.24. The number of rotatable bonds is 6. The first kappa shape index (κ1) is 16.7. The number of nitrogens with one attached hydrogen (secondary N) is 2. The molecule has 0 bridgehead atoms. The molecule has 0 aliphatic rings. The molecule has 1 aromatic carbocycles. The number of fused-ring (bicyclic) bond motifs is 1. The van der Waals surface area contributed by atoms with Gasteiger partial charge in [0.15, 0.2) is 5.13 Å². The highest BCUT2D eigenvalue weighted by molar-refractivity contribution is 9.10. The van der Waals surface area contributed by atoms with Crippen molar-refractivity contribution in [2.75, 3.05) is 18.4 Å². The molecule has 0 radical (unpaired) electrons. The maximum atomic E-state index is 11.9. The molecule has 0 saturated heterocycles. The number of thiazole rings is 1. The van der Waals surface area contributed by atoms with Crippen LogP contribution in [-0.2, 0) is 11.3 Å². The lowest BCUT2D eigenvalue weighted by Crippen LogP contribution is -2.34. The fraction of sp³-hybridized carbons (Fsp3) is 0.188. The zero-order valence-corrected chi connectivity index (χ0v) is 15.1. The van der Waals surface area contributed by atoms with Gasteiger partial charge in [0.25, 0.3) is 5.56 Å². The Morgan fingerprint density at radius 1 is 1.21 bits per heavy atom. The smallest absolute Gasteiger partial charge is 0.251 e. The first-order valence-electron chi connectivity index (χ1n) is 7.34. The number of halogens is 1. The van der Waals surface area contributed by atoms with Crippen LogP contribution < -0.4 is 16.2 Å². The van der Waals surface area contributed by atoms with E-state index in [-0.39, 0.29) is 18.0 Å². The molecule has 2 heterocycles. The van der Waals surface area contributed by atoms with Crippen LogP contribution in [0.1, 0.15) is 0 Å². The van der Waals surface area contributed by atoms with Crippen molar-refractivity contribution in [2.45, 2.75) is 6.54 Å². The first-order chi connectivity index (χ1) is 11.6. The van der Waals surface area contributed by atoms with Gasteiger partial charge in [-0.1, -0.05) is 23.5 Å². The lowest BCUT2D eigenvalue weighted by molar-refractivity contribution is -0.121. The number of carbonyl (C=O) groups is 1. The highest BCUT2D eigenvalue weighted by Gasteiger charge is 2.05. The number of amides is 1. The monoisotopic (exact) mass is 406 g/mol. The van der Waals surface area contributed by atoms with Crippen LogP contribution >= 0.6 is 27.3 Å². The van der Waals surface area contributed by atoms with E-state index in [2.05, 4.69) is 31.5 Å².